The van der Waals surface area contributed by atoms with E-state index in [1.807, 2.05) is 13.1 Å². The van der Waals surface area contributed by atoms with Gasteiger partial charge in [0, 0.05) is 57.3 Å². The molecule has 0 unspecified atom stereocenters. The molecule has 46 heavy (non-hydrogen) atoms. The van der Waals surface area contributed by atoms with Crippen molar-refractivity contribution in [2.45, 2.75) is 43.3 Å². The van der Waals surface area contributed by atoms with Crippen LogP contribution >= 0.6 is 22.9 Å². The molecule has 250 valence electrons. The summed E-state index contributed by atoms with van der Waals surface area (Å²) in [5.74, 6) is -2.61. The van der Waals surface area contributed by atoms with E-state index < -0.39 is 28.2 Å². The molecule has 3 aromatic rings. The van der Waals surface area contributed by atoms with Gasteiger partial charge in [-0.05, 0) is 50.2 Å². The standard InChI is InChI=1S/C26H30ClN5O5S2.C2HF3O2/c1-17-20(32-10-4-7-25(32)33)5-3-6-23(17)39(35,36)29-19(26(34)31-13-11-30(2)12-14-31)15-18-16-21(37-28-18)22-8-9-24(27)38-22;3-2(4,5)1(6)7/h3,5-6,8-9,16,19,29H,4,7,10-15H2,1-2H3;(H,6,7)/t19-;/m0./s1. The third-order valence-electron chi connectivity index (χ3n) is 7.35. The summed E-state index contributed by atoms with van der Waals surface area (Å²) in [5, 5.41) is 11.2. The normalized spacial score (nSPS) is 16.7. The number of nitrogens with zero attached hydrogens (tertiary/aromatic N) is 4. The lowest BCUT2D eigenvalue weighted by Gasteiger charge is -2.34. The predicted molar refractivity (Wildman–Crippen MR) is 163 cm³/mol. The number of amides is 2. The summed E-state index contributed by atoms with van der Waals surface area (Å²) in [6.07, 6.45) is -3.91. The van der Waals surface area contributed by atoms with Gasteiger partial charge in [-0.2, -0.15) is 17.9 Å². The molecular formula is C28H31ClF3N5O7S2. The topological polar surface area (TPSA) is 153 Å². The smallest absolute Gasteiger partial charge is 0.475 e. The molecule has 0 bridgehead atoms. The number of rotatable bonds is 8. The molecule has 18 heteroatoms. The van der Waals surface area contributed by atoms with Crippen LogP contribution in [0.4, 0.5) is 18.9 Å². The number of sulfonamides is 1. The van der Waals surface area contributed by atoms with Crippen LogP contribution in [0.25, 0.3) is 10.6 Å². The summed E-state index contributed by atoms with van der Waals surface area (Å²) < 4.78 is 67.9. The van der Waals surface area contributed by atoms with Crippen molar-refractivity contribution in [2.75, 3.05) is 44.7 Å². The van der Waals surface area contributed by atoms with Crippen LogP contribution in [-0.2, 0) is 30.8 Å². The average Bonchev–Trinajstić information content (AvgIpc) is 3.74. The Hall–Kier alpha value is -3.51. The van der Waals surface area contributed by atoms with Crippen molar-refractivity contribution in [3.05, 3.63) is 52.0 Å². The van der Waals surface area contributed by atoms with Crippen LogP contribution in [0.3, 0.4) is 0 Å². The number of benzene rings is 1. The number of piperazine rings is 1. The SMILES string of the molecule is Cc1c(N2CCCC2=O)cccc1S(=O)(=O)N[C@@H](Cc1cc(-c2ccc(Cl)s2)on1)C(=O)N1CCN(C)CC1.O=C(O)C(F)(F)F. The van der Waals surface area contributed by atoms with Crippen LogP contribution in [0.5, 0.6) is 0 Å². The number of thiophene rings is 1. The van der Waals surface area contributed by atoms with Crippen LogP contribution in [0.1, 0.15) is 24.1 Å². The van der Waals surface area contributed by atoms with Crippen molar-refractivity contribution >= 4 is 56.4 Å². The van der Waals surface area contributed by atoms with E-state index in [4.69, 9.17) is 26.0 Å². The largest absolute Gasteiger partial charge is 0.490 e. The highest BCUT2D eigenvalue weighted by Gasteiger charge is 2.38. The average molecular weight is 706 g/mol. The summed E-state index contributed by atoms with van der Waals surface area (Å²) in [6.45, 7) is 4.62. The second kappa shape index (κ2) is 14.5. The number of likely N-dealkylation sites (N-methyl/N-ethyl adjacent to an activating group) is 1. The lowest BCUT2D eigenvalue weighted by Crippen LogP contribution is -2.55. The van der Waals surface area contributed by atoms with Crippen LogP contribution in [0, 0.1) is 6.92 Å². The van der Waals surface area contributed by atoms with Crippen LogP contribution in [0.2, 0.25) is 4.34 Å². The Morgan fingerprint density at radius 3 is 2.39 bits per heavy atom. The highest BCUT2D eigenvalue weighted by Crippen LogP contribution is 2.32. The Morgan fingerprint density at radius 2 is 1.83 bits per heavy atom. The van der Waals surface area contributed by atoms with Crippen molar-refractivity contribution in [3.63, 3.8) is 0 Å². The van der Waals surface area contributed by atoms with E-state index in [1.165, 1.54) is 17.4 Å². The Labute approximate surface area is 271 Å². The number of nitrogens with one attached hydrogen (secondary N) is 1. The number of aliphatic carboxylic acids is 1. The minimum atomic E-state index is -5.08. The minimum Gasteiger partial charge on any atom is -0.475 e. The fraction of sp³-hybridized carbons (Fsp3) is 0.429. The molecule has 0 spiro atoms. The van der Waals surface area contributed by atoms with Gasteiger partial charge in [-0.3, -0.25) is 9.59 Å². The summed E-state index contributed by atoms with van der Waals surface area (Å²) in [7, 11) is -2.15. The number of alkyl halides is 3. The Balaban J connectivity index is 0.000000617. The molecule has 2 saturated heterocycles. The molecular weight excluding hydrogens is 675 g/mol. The third-order valence-corrected chi connectivity index (χ3v) is 10.2. The van der Waals surface area contributed by atoms with Gasteiger partial charge in [0.25, 0.3) is 0 Å². The number of carboxylic acids is 1. The van der Waals surface area contributed by atoms with Gasteiger partial charge in [0.15, 0.2) is 5.76 Å². The maximum absolute atomic E-state index is 13.7. The number of hydrogen-bond acceptors (Lipinski definition) is 9. The summed E-state index contributed by atoms with van der Waals surface area (Å²) in [6, 6.07) is 9.03. The number of anilines is 1. The fourth-order valence-electron chi connectivity index (χ4n) is 4.95. The Kier molecular flexibility index (Phi) is 11.1. The molecule has 2 N–H and O–H groups in total. The van der Waals surface area contributed by atoms with Gasteiger partial charge in [-0.15, -0.1) is 11.3 Å². The molecule has 5 rings (SSSR count). The Morgan fingerprint density at radius 1 is 1.15 bits per heavy atom. The third kappa shape index (κ3) is 8.64. The van der Waals surface area contributed by atoms with Gasteiger partial charge in [0.1, 0.15) is 6.04 Å². The lowest BCUT2D eigenvalue weighted by molar-refractivity contribution is -0.192. The number of carbonyl (C=O) groups excluding carboxylic acids is 2. The van der Waals surface area contributed by atoms with Crippen LogP contribution in [0.15, 0.2) is 45.8 Å². The second-order valence-corrected chi connectivity index (χ2v) is 14.0. The van der Waals surface area contributed by atoms with E-state index >= 15 is 0 Å². The molecule has 0 radical (unpaired) electrons. The van der Waals surface area contributed by atoms with Crippen molar-refractivity contribution in [3.8, 4) is 10.6 Å². The molecule has 2 fully saturated rings. The number of carbonyl (C=O) groups is 3. The molecule has 2 amide bonds. The van der Waals surface area contributed by atoms with Crippen molar-refractivity contribution < 1.29 is 45.6 Å². The maximum Gasteiger partial charge on any atom is 0.490 e. The van der Waals surface area contributed by atoms with Gasteiger partial charge in [0.2, 0.25) is 21.8 Å². The molecule has 4 heterocycles. The van der Waals surface area contributed by atoms with Gasteiger partial charge in [0.05, 0.1) is 19.8 Å². The zero-order chi connectivity index (χ0) is 33.8. The number of hydrogen-bond donors (Lipinski definition) is 2. The van der Waals surface area contributed by atoms with Gasteiger partial charge >= 0.3 is 12.1 Å². The van der Waals surface area contributed by atoms with E-state index in [0.29, 0.717) is 66.2 Å². The second-order valence-electron chi connectivity index (χ2n) is 10.6. The van der Waals surface area contributed by atoms with Gasteiger partial charge in [-0.1, -0.05) is 22.8 Å². The predicted octanol–water partition coefficient (Wildman–Crippen LogP) is 3.79. The minimum absolute atomic E-state index is 0.0103. The number of halogens is 4. The first-order valence-corrected chi connectivity index (χ1v) is 16.7. The lowest BCUT2D eigenvalue weighted by atomic mass is 10.1. The van der Waals surface area contributed by atoms with Gasteiger partial charge < -0.3 is 24.3 Å². The highest BCUT2D eigenvalue weighted by atomic mass is 35.5. The van der Waals surface area contributed by atoms with Crippen molar-refractivity contribution in [2.24, 2.45) is 0 Å². The van der Waals surface area contributed by atoms with E-state index in [9.17, 15) is 31.2 Å². The van der Waals surface area contributed by atoms with Crippen molar-refractivity contribution in [1.82, 2.24) is 19.7 Å². The highest BCUT2D eigenvalue weighted by molar-refractivity contribution is 7.89. The zero-order valence-corrected chi connectivity index (χ0v) is 27.1. The molecule has 1 atom stereocenters. The van der Waals surface area contributed by atoms with Crippen LogP contribution < -0.4 is 9.62 Å². The van der Waals surface area contributed by atoms with E-state index in [2.05, 4.69) is 14.8 Å². The maximum atomic E-state index is 13.7. The molecule has 0 aliphatic carbocycles. The Bertz CT molecular complexity index is 1690. The number of aromatic nitrogens is 1. The van der Waals surface area contributed by atoms with E-state index in [0.717, 1.165) is 11.3 Å². The molecule has 2 aromatic heterocycles. The first-order valence-electron chi connectivity index (χ1n) is 14.0. The number of carboxylic acid groups (broad SMARTS) is 1. The van der Waals surface area contributed by atoms with Gasteiger partial charge in [-0.25, -0.2) is 13.2 Å². The van der Waals surface area contributed by atoms with E-state index in [1.54, 1.807) is 41.0 Å². The molecule has 1 aromatic carbocycles. The first-order chi connectivity index (χ1) is 21.6. The quantitative estimate of drug-likeness (QED) is 0.357. The fourth-order valence-corrected chi connectivity index (χ4v) is 7.39. The zero-order valence-electron chi connectivity index (χ0n) is 24.7. The molecule has 2 aliphatic rings. The van der Waals surface area contributed by atoms with Crippen LogP contribution in [-0.4, -0.2) is 98.3 Å². The monoisotopic (exact) mass is 705 g/mol. The molecule has 2 aliphatic heterocycles. The summed E-state index contributed by atoms with van der Waals surface area (Å²) >= 11 is 7.38. The van der Waals surface area contributed by atoms with E-state index in [-0.39, 0.29) is 23.1 Å². The first kappa shape index (κ1) is 35.3. The molecule has 12 nitrogen and oxygen atoms in total. The summed E-state index contributed by atoms with van der Waals surface area (Å²) in [5.41, 5.74) is 1.47. The molecule has 0 saturated carbocycles. The van der Waals surface area contributed by atoms with Crippen molar-refractivity contribution in [1.29, 1.82) is 0 Å². The summed E-state index contributed by atoms with van der Waals surface area (Å²) in [4.78, 5) is 41.1.